The van der Waals surface area contributed by atoms with Gasteiger partial charge in [0.05, 0.1) is 7.11 Å². The quantitative estimate of drug-likeness (QED) is 0.743. The van der Waals surface area contributed by atoms with E-state index >= 15 is 0 Å². The number of hydrogen-bond acceptors (Lipinski definition) is 5. The molecule has 128 valence electrons. The van der Waals surface area contributed by atoms with E-state index < -0.39 is 0 Å². The fraction of sp³-hybridized carbons (Fsp3) is 0.167. The number of methoxy groups -OCH3 is 1. The lowest BCUT2D eigenvalue weighted by Crippen LogP contribution is -2.12. The van der Waals surface area contributed by atoms with Crippen molar-refractivity contribution >= 4 is 11.6 Å². The van der Waals surface area contributed by atoms with E-state index in [1.165, 1.54) is 24.3 Å². The molecule has 3 rings (SSSR count). The number of carbonyl (C=O) groups is 1. The van der Waals surface area contributed by atoms with Crippen LogP contribution in [0, 0.1) is 5.82 Å². The molecule has 25 heavy (non-hydrogen) atoms. The van der Waals surface area contributed by atoms with Crippen LogP contribution in [0.3, 0.4) is 0 Å². The first-order chi connectivity index (χ1) is 12.1. The SMILES string of the molecule is COc1ccc(-c2nnc(CCC(=O)Nc3ccc(F)cc3)o2)cc1. The van der Waals surface area contributed by atoms with Crippen molar-refractivity contribution in [3.8, 4) is 17.2 Å². The van der Waals surface area contributed by atoms with Crippen LogP contribution in [-0.4, -0.2) is 23.2 Å². The van der Waals surface area contributed by atoms with Gasteiger partial charge in [-0.1, -0.05) is 0 Å². The topological polar surface area (TPSA) is 77.2 Å². The molecule has 0 bridgehead atoms. The second kappa shape index (κ2) is 7.57. The molecule has 2 aromatic carbocycles. The standard InChI is InChI=1S/C18H16FN3O3/c1-24-15-8-2-12(3-9-15)18-22-21-17(25-18)11-10-16(23)20-14-6-4-13(19)5-7-14/h2-9H,10-11H2,1H3,(H,20,23). The van der Waals surface area contributed by atoms with Crippen LogP contribution in [-0.2, 0) is 11.2 Å². The van der Waals surface area contributed by atoms with Crippen molar-refractivity contribution < 1.29 is 18.3 Å². The molecule has 0 aliphatic carbocycles. The molecule has 1 heterocycles. The molecule has 3 aromatic rings. The maximum atomic E-state index is 12.8. The molecule has 0 radical (unpaired) electrons. The number of aromatic nitrogens is 2. The predicted molar refractivity (Wildman–Crippen MR) is 89.6 cm³/mol. The van der Waals surface area contributed by atoms with E-state index in [0.29, 0.717) is 23.9 Å². The number of halogens is 1. The Morgan fingerprint density at radius 2 is 1.84 bits per heavy atom. The van der Waals surface area contributed by atoms with Crippen LogP contribution in [0.2, 0.25) is 0 Å². The number of nitrogens with one attached hydrogen (secondary N) is 1. The molecule has 1 N–H and O–H groups in total. The largest absolute Gasteiger partial charge is 0.497 e. The van der Waals surface area contributed by atoms with Gasteiger partial charge in [-0.25, -0.2) is 4.39 Å². The van der Waals surface area contributed by atoms with Gasteiger partial charge in [-0.15, -0.1) is 10.2 Å². The summed E-state index contributed by atoms with van der Waals surface area (Å²) < 4.78 is 23.5. The second-order valence-corrected chi connectivity index (χ2v) is 5.28. The number of amides is 1. The van der Waals surface area contributed by atoms with E-state index in [1.54, 1.807) is 19.2 Å². The predicted octanol–water partition coefficient (Wildman–Crippen LogP) is 3.46. The van der Waals surface area contributed by atoms with E-state index in [1.807, 2.05) is 12.1 Å². The molecular formula is C18H16FN3O3. The van der Waals surface area contributed by atoms with Crippen molar-refractivity contribution in [3.05, 3.63) is 60.2 Å². The van der Waals surface area contributed by atoms with E-state index in [4.69, 9.17) is 9.15 Å². The Morgan fingerprint density at radius 1 is 1.12 bits per heavy atom. The fourth-order valence-corrected chi connectivity index (χ4v) is 2.18. The molecule has 6 nitrogen and oxygen atoms in total. The Hall–Kier alpha value is -3.22. The highest BCUT2D eigenvalue weighted by Gasteiger charge is 2.11. The average molecular weight is 341 g/mol. The lowest BCUT2D eigenvalue weighted by atomic mass is 10.2. The van der Waals surface area contributed by atoms with Crippen molar-refractivity contribution in [1.29, 1.82) is 0 Å². The van der Waals surface area contributed by atoms with Crippen molar-refractivity contribution in [2.45, 2.75) is 12.8 Å². The minimum atomic E-state index is -0.352. The number of hydrogen-bond donors (Lipinski definition) is 1. The minimum absolute atomic E-state index is 0.182. The Kier molecular flexibility index (Phi) is 5.03. The van der Waals surface area contributed by atoms with Gasteiger partial charge in [0.25, 0.3) is 0 Å². The summed E-state index contributed by atoms with van der Waals surface area (Å²) in [5.41, 5.74) is 1.31. The van der Waals surface area contributed by atoms with Crippen molar-refractivity contribution in [2.75, 3.05) is 12.4 Å². The van der Waals surface area contributed by atoms with Crippen LogP contribution >= 0.6 is 0 Å². The fourth-order valence-electron chi connectivity index (χ4n) is 2.18. The highest BCUT2D eigenvalue weighted by atomic mass is 19.1. The zero-order valence-corrected chi connectivity index (χ0v) is 13.5. The van der Waals surface area contributed by atoms with Crippen molar-refractivity contribution in [2.24, 2.45) is 0 Å². The molecule has 1 aromatic heterocycles. The highest BCUT2D eigenvalue weighted by Crippen LogP contribution is 2.21. The normalized spacial score (nSPS) is 10.5. The Morgan fingerprint density at radius 3 is 2.52 bits per heavy atom. The number of carbonyl (C=O) groups excluding carboxylic acids is 1. The number of rotatable bonds is 6. The molecule has 0 saturated carbocycles. The summed E-state index contributed by atoms with van der Waals surface area (Å²) in [6, 6.07) is 12.8. The van der Waals surface area contributed by atoms with Crippen molar-refractivity contribution in [1.82, 2.24) is 10.2 Å². The van der Waals surface area contributed by atoms with Crippen LogP contribution in [0.25, 0.3) is 11.5 Å². The smallest absolute Gasteiger partial charge is 0.247 e. The maximum Gasteiger partial charge on any atom is 0.247 e. The molecule has 0 atom stereocenters. The van der Waals surface area contributed by atoms with Gasteiger partial charge in [0, 0.05) is 24.1 Å². The first-order valence-electron chi connectivity index (χ1n) is 7.66. The van der Waals surface area contributed by atoms with Crippen LogP contribution in [0.4, 0.5) is 10.1 Å². The molecular weight excluding hydrogens is 325 g/mol. The monoisotopic (exact) mass is 341 g/mol. The van der Waals surface area contributed by atoms with E-state index in [0.717, 1.165) is 11.3 Å². The summed E-state index contributed by atoms with van der Waals surface area (Å²) in [6.45, 7) is 0. The van der Waals surface area contributed by atoms with Crippen LogP contribution < -0.4 is 10.1 Å². The number of ether oxygens (including phenoxy) is 1. The summed E-state index contributed by atoms with van der Waals surface area (Å²) >= 11 is 0. The van der Waals surface area contributed by atoms with Crippen LogP contribution in [0.15, 0.2) is 52.9 Å². The molecule has 7 heteroatoms. The zero-order valence-electron chi connectivity index (χ0n) is 13.5. The summed E-state index contributed by atoms with van der Waals surface area (Å²) in [6.07, 6.45) is 0.498. The summed E-state index contributed by atoms with van der Waals surface area (Å²) in [7, 11) is 1.59. The number of aryl methyl sites for hydroxylation is 1. The van der Waals surface area contributed by atoms with Gasteiger partial charge in [-0.3, -0.25) is 4.79 Å². The third-order valence-electron chi connectivity index (χ3n) is 3.50. The van der Waals surface area contributed by atoms with E-state index in [2.05, 4.69) is 15.5 Å². The average Bonchev–Trinajstić information content (AvgIpc) is 3.11. The minimum Gasteiger partial charge on any atom is -0.497 e. The first-order valence-corrected chi connectivity index (χ1v) is 7.66. The number of anilines is 1. The summed E-state index contributed by atoms with van der Waals surface area (Å²) in [5, 5.41) is 10.6. The molecule has 0 saturated heterocycles. The Labute approximate surface area is 143 Å². The van der Waals surface area contributed by atoms with Gasteiger partial charge in [0.15, 0.2) is 0 Å². The Balaban J connectivity index is 1.55. The first kappa shape index (κ1) is 16.6. The van der Waals surface area contributed by atoms with Crippen LogP contribution in [0.5, 0.6) is 5.75 Å². The maximum absolute atomic E-state index is 12.8. The zero-order chi connectivity index (χ0) is 17.6. The summed E-state index contributed by atoms with van der Waals surface area (Å²) in [4.78, 5) is 11.9. The molecule has 0 fully saturated rings. The number of benzene rings is 2. The molecule has 1 amide bonds. The Bertz CT molecular complexity index is 845. The van der Waals surface area contributed by atoms with Crippen LogP contribution in [0.1, 0.15) is 12.3 Å². The van der Waals surface area contributed by atoms with Gasteiger partial charge in [0.2, 0.25) is 17.7 Å². The molecule has 0 aliphatic rings. The number of nitrogens with zero attached hydrogens (tertiary/aromatic N) is 2. The van der Waals surface area contributed by atoms with E-state index in [-0.39, 0.29) is 18.1 Å². The molecule has 0 aliphatic heterocycles. The van der Waals surface area contributed by atoms with Crippen molar-refractivity contribution in [3.63, 3.8) is 0 Å². The molecule has 0 unspecified atom stereocenters. The van der Waals surface area contributed by atoms with Gasteiger partial charge in [-0.05, 0) is 48.5 Å². The van der Waals surface area contributed by atoms with Gasteiger partial charge in [0.1, 0.15) is 11.6 Å². The van der Waals surface area contributed by atoms with E-state index in [9.17, 15) is 9.18 Å². The van der Waals surface area contributed by atoms with Gasteiger partial charge >= 0.3 is 0 Å². The van der Waals surface area contributed by atoms with Gasteiger partial charge < -0.3 is 14.5 Å². The lowest BCUT2D eigenvalue weighted by Gasteiger charge is -2.03. The lowest BCUT2D eigenvalue weighted by molar-refractivity contribution is -0.116. The third-order valence-corrected chi connectivity index (χ3v) is 3.50. The van der Waals surface area contributed by atoms with Gasteiger partial charge in [-0.2, -0.15) is 0 Å². The second-order valence-electron chi connectivity index (χ2n) is 5.28. The third kappa shape index (κ3) is 4.41. The molecule has 0 spiro atoms. The highest BCUT2D eigenvalue weighted by molar-refractivity contribution is 5.90. The summed E-state index contributed by atoms with van der Waals surface area (Å²) in [5.74, 6) is 0.934.